The highest BCUT2D eigenvalue weighted by molar-refractivity contribution is 7.68. The Bertz CT molecular complexity index is 3110. The molecule has 4 unspecified atom stereocenters. The number of hydrogen-bond acceptors (Lipinski definition) is 18. The van der Waals surface area contributed by atoms with Crippen LogP contribution in [0.4, 0.5) is 5.95 Å². The molecular weight excluding hydrogens is 959 g/mol. The second-order valence-corrected chi connectivity index (χ2v) is 20.9. The zero-order valence-corrected chi connectivity index (χ0v) is 38.5. The number of phosphoric acid groups is 2. The summed E-state index contributed by atoms with van der Waals surface area (Å²) in [7, 11) is -16.3. The lowest BCUT2D eigenvalue weighted by atomic mass is 9.90. The summed E-state index contributed by atoms with van der Waals surface area (Å²) < 4.78 is 63.0. The van der Waals surface area contributed by atoms with Crippen molar-refractivity contribution in [3.63, 3.8) is 0 Å². The van der Waals surface area contributed by atoms with Crippen molar-refractivity contribution in [1.29, 1.82) is 0 Å². The summed E-state index contributed by atoms with van der Waals surface area (Å²) in [6, 6.07) is 14.5. The van der Waals surface area contributed by atoms with E-state index in [1.54, 1.807) is 30.3 Å². The van der Waals surface area contributed by atoms with Gasteiger partial charge in [-0.05, 0) is 73.7 Å². The van der Waals surface area contributed by atoms with Crippen LogP contribution >= 0.6 is 23.2 Å². The molecule has 1 saturated heterocycles. The number of imidazole rings is 1. The molecule has 2 aromatic heterocycles. The molecule has 2 amide bonds. The number of amides is 2. The highest BCUT2D eigenvalue weighted by Crippen LogP contribution is 2.67. The number of nitrogens with zero attached hydrogens (tertiary/aromatic N) is 3. The number of carbonyl (C=O) groups excluding carboxylic acids is 2. The number of aryl methyl sites for hydroxylation is 1. The predicted molar refractivity (Wildman–Crippen MR) is 240 cm³/mol. The number of aliphatic hydroxyl groups is 2. The van der Waals surface area contributed by atoms with Crippen LogP contribution in [0, 0.1) is 6.92 Å². The van der Waals surface area contributed by atoms with E-state index in [1.807, 2.05) is 13.0 Å². The van der Waals surface area contributed by atoms with E-state index in [9.17, 15) is 62.9 Å². The standard InChI is InChI=1S/C40H46N7O18P3/c1-21-16-22(7-10-25(21)32-26-11-8-23(48)17-28(26)62-29-18-24(49)9-12-27(29)32)37(53)43-13-4-2-3-6-31(50)42-14-5-15-66(55,56)64-68(59,60)65-67(57,58)61-19-30-34(51)35(52)39(63-30)47-20-44-33-36(47)45-40(41)46-38(33)54/h7-12,16-18,20,30,34-35,39,48,51-52H,2-6,13-15,19H2,1H3,(H,42,50)(H,43,53)(H,55,56)(H,57,58)(H,59,60)(H3,41,45,46,54)/t30-,34?,35-,39-/m1/s1. The van der Waals surface area contributed by atoms with Gasteiger partial charge in [0.25, 0.3) is 11.5 Å². The minimum absolute atomic E-state index is 0.00369. The lowest BCUT2D eigenvalue weighted by molar-refractivity contribution is -0.121. The highest BCUT2D eigenvalue weighted by atomic mass is 31.3. The third-order valence-electron chi connectivity index (χ3n) is 10.6. The van der Waals surface area contributed by atoms with E-state index in [-0.39, 0.29) is 53.6 Å². The number of H-pyrrole nitrogens is 1. The van der Waals surface area contributed by atoms with Gasteiger partial charge in [-0.2, -0.15) is 9.29 Å². The highest BCUT2D eigenvalue weighted by Gasteiger charge is 2.47. The molecule has 7 atom stereocenters. The topological polar surface area (TPSA) is 388 Å². The minimum atomic E-state index is -5.76. The van der Waals surface area contributed by atoms with Gasteiger partial charge < -0.3 is 55.5 Å². The maximum absolute atomic E-state index is 13.0. The van der Waals surface area contributed by atoms with Gasteiger partial charge in [-0.1, -0.05) is 12.5 Å². The van der Waals surface area contributed by atoms with E-state index in [2.05, 4.69) is 38.7 Å². The molecule has 68 heavy (non-hydrogen) atoms. The summed E-state index contributed by atoms with van der Waals surface area (Å²) in [5.74, 6) is -0.628. The summed E-state index contributed by atoms with van der Waals surface area (Å²) in [4.78, 5) is 89.7. The van der Waals surface area contributed by atoms with Crippen LogP contribution in [0.1, 0.15) is 54.3 Å². The van der Waals surface area contributed by atoms with Crippen LogP contribution in [0.3, 0.4) is 0 Å². The molecule has 0 radical (unpaired) electrons. The Morgan fingerprint density at radius 1 is 0.897 bits per heavy atom. The van der Waals surface area contributed by atoms with Gasteiger partial charge in [0.05, 0.1) is 19.1 Å². The number of anilines is 1. The fraction of sp³-hybridized carbons (Fsp3) is 0.350. The number of unbranched alkanes of at least 4 members (excludes halogenated alkanes) is 2. The molecule has 4 aromatic rings. The third-order valence-corrected chi connectivity index (χ3v) is 15.5. The molecule has 1 aliphatic carbocycles. The molecule has 28 heteroatoms. The number of phenolic OH excluding ortho intramolecular Hbond substituents is 1. The number of phosphoric ester groups is 1. The van der Waals surface area contributed by atoms with Crippen LogP contribution in [0.15, 0.2) is 74.9 Å². The maximum Gasteiger partial charge on any atom is 0.488 e. The Morgan fingerprint density at radius 3 is 2.41 bits per heavy atom. The lowest BCUT2D eigenvalue weighted by Gasteiger charge is -2.20. The molecule has 364 valence electrons. The van der Waals surface area contributed by atoms with Gasteiger partial charge in [-0.3, -0.25) is 37.8 Å². The summed E-state index contributed by atoms with van der Waals surface area (Å²) in [6.45, 7) is 1.02. The molecule has 0 spiro atoms. The van der Waals surface area contributed by atoms with Gasteiger partial charge in [0.15, 0.2) is 22.8 Å². The van der Waals surface area contributed by atoms with Crippen molar-refractivity contribution in [1.82, 2.24) is 30.2 Å². The van der Waals surface area contributed by atoms with Crippen LogP contribution in [0.25, 0.3) is 44.6 Å². The average molecular weight is 1010 g/mol. The lowest BCUT2D eigenvalue weighted by Crippen LogP contribution is -2.33. The van der Waals surface area contributed by atoms with Crippen molar-refractivity contribution < 1.29 is 75.6 Å². The normalized spacial score (nSPS) is 20.0. The fourth-order valence-electron chi connectivity index (χ4n) is 7.49. The summed E-state index contributed by atoms with van der Waals surface area (Å²) in [5.41, 5.74) is 8.20. The SMILES string of the molecule is Cc1cc(C(=O)NCCCCCC(=O)NCCCP(=O)(O)OP(=O)(O)OP(=O)(O)OC[C@H]2O[C@@H](n3cnc4c(=O)[nH]c(N)nc43)[C@H](O)C2O)ccc1-c1c2ccc(=O)cc-2oc2cc(O)ccc12. The van der Waals surface area contributed by atoms with Gasteiger partial charge in [0.1, 0.15) is 35.4 Å². The Kier molecular flexibility index (Phi) is 15.2. The summed E-state index contributed by atoms with van der Waals surface area (Å²) in [5, 5.41) is 37.2. The second kappa shape index (κ2) is 20.5. The van der Waals surface area contributed by atoms with Crippen LogP contribution in [0.2, 0.25) is 0 Å². The molecule has 2 aliphatic heterocycles. The number of phenols is 1. The van der Waals surface area contributed by atoms with Gasteiger partial charge in [-0.25, -0.2) is 18.4 Å². The first-order valence-electron chi connectivity index (χ1n) is 20.7. The number of hydrogen-bond donors (Lipinski definition) is 10. The quantitative estimate of drug-likeness (QED) is 0.0298. The fourth-order valence-corrected chi connectivity index (χ4v) is 11.6. The smallest absolute Gasteiger partial charge is 0.488 e. The van der Waals surface area contributed by atoms with Crippen molar-refractivity contribution in [2.24, 2.45) is 0 Å². The van der Waals surface area contributed by atoms with E-state index < -0.39 is 72.0 Å². The van der Waals surface area contributed by atoms with Crippen molar-refractivity contribution in [3.8, 4) is 28.2 Å². The Hall–Kier alpha value is -5.65. The molecule has 3 aliphatic rings. The monoisotopic (exact) mass is 1010 g/mol. The van der Waals surface area contributed by atoms with Crippen molar-refractivity contribution in [2.75, 3.05) is 31.6 Å². The van der Waals surface area contributed by atoms with Crippen molar-refractivity contribution >= 4 is 63.1 Å². The number of nitrogens with two attached hydrogens (primary N) is 1. The third kappa shape index (κ3) is 12.0. The number of aromatic hydroxyl groups is 1. The number of aromatic amines is 1. The van der Waals surface area contributed by atoms with E-state index in [0.29, 0.717) is 53.7 Å². The largest absolute Gasteiger partial charge is 0.508 e. The zero-order valence-electron chi connectivity index (χ0n) is 35.8. The Morgan fingerprint density at radius 2 is 1.65 bits per heavy atom. The average Bonchev–Trinajstić information content (AvgIpc) is 3.80. The molecule has 7 rings (SSSR count). The molecule has 0 bridgehead atoms. The van der Waals surface area contributed by atoms with Crippen molar-refractivity contribution in [2.45, 2.75) is 63.6 Å². The first kappa shape index (κ1) is 50.2. The predicted octanol–water partition coefficient (Wildman–Crippen LogP) is 3.15. The number of rotatable bonds is 20. The molecular formula is C40H46N7O18P3. The molecule has 0 saturated carbocycles. The van der Waals surface area contributed by atoms with E-state index in [0.717, 1.165) is 27.6 Å². The zero-order chi connectivity index (χ0) is 49.1. The minimum Gasteiger partial charge on any atom is -0.508 e. The number of aliphatic hydroxyl groups excluding tert-OH is 2. The Labute approximate surface area is 384 Å². The van der Waals surface area contributed by atoms with Crippen LogP contribution in [-0.4, -0.2) is 106 Å². The number of carbonyl (C=O) groups is 2. The number of nitrogen functional groups attached to an aromatic ring is 1. The first-order chi connectivity index (χ1) is 32.1. The van der Waals surface area contributed by atoms with E-state index in [1.165, 1.54) is 18.2 Å². The van der Waals surface area contributed by atoms with Crippen LogP contribution in [0.5, 0.6) is 5.75 Å². The summed E-state index contributed by atoms with van der Waals surface area (Å²) in [6.07, 6.45) is -4.79. The van der Waals surface area contributed by atoms with Gasteiger partial charge in [-0.15, -0.1) is 0 Å². The van der Waals surface area contributed by atoms with E-state index >= 15 is 0 Å². The molecule has 4 heterocycles. The van der Waals surface area contributed by atoms with Crippen molar-refractivity contribution in [3.05, 3.63) is 92.6 Å². The first-order valence-corrected chi connectivity index (χ1v) is 25.5. The maximum atomic E-state index is 13.0. The molecule has 1 fully saturated rings. The molecule has 25 nitrogen and oxygen atoms in total. The van der Waals surface area contributed by atoms with Gasteiger partial charge >= 0.3 is 23.2 Å². The molecule has 11 N–H and O–H groups in total. The molecule has 2 aromatic carbocycles. The number of benzene rings is 3. The number of nitrogens with one attached hydrogen (secondary N) is 3. The van der Waals surface area contributed by atoms with Gasteiger partial charge in [0, 0.05) is 53.7 Å². The Balaban J connectivity index is 0.789. The van der Waals surface area contributed by atoms with Gasteiger partial charge in [0.2, 0.25) is 11.9 Å². The second-order valence-electron chi connectivity index (χ2n) is 15.7. The number of ether oxygens (including phenoxy) is 1. The van der Waals surface area contributed by atoms with Crippen LogP contribution in [-0.2, 0) is 36.4 Å². The number of fused-ring (bicyclic) bond motifs is 3. The van der Waals surface area contributed by atoms with Crippen LogP contribution < -0.4 is 27.4 Å². The number of aromatic nitrogens is 4. The summed E-state index contributed by atoms with van der Waals surface area (Å²) >= 11 is 0. The van der Waals surface area contributed by atoms with E-state index in [4.69, 9.17) is 14.9 Å².